The van der Waals surface area contributed by atoms with Gasteiger partial charge in [0.25, 0.3) is 5.91 Å². The van der Waals surface area contributed by atoms with Crippen LogP contribution in [0.2, 0.25) is 0 Å². The summed E-state index contributed by atoms with van der Waals surface area (Å²) < 4.78 is 0. The van der Waals surface area contributed by atoms with Gasteiger partial charge in [0.15, 0.2) is 5.16 Å². The highest BCUT2D eigenvalue weighted by atomic mass is 32.2. The highest BCUT2D eigenvalue weighted by molar-refractivity contribution is 7.99. The SMILES string of the molecule is C/C(=N/NC(=O)CSc1ncn[nH]1)C12CC3CC(CC(C3)C1)C2. The molecular weight excluding hydrogens is 310 g/mol. The van der Waals surface area contributed by atoms with Crippen molar-refractivity contribution < 1.29 is 4.79 Å². The van der Waals surface area contributed by atoms with Gasteiger partial charge in [-0.05, 0) is 63.2 Å². The van der Waals surface area contributed by atoms with Crippen molar-refractivity contribution >= 4 is 23.4 Å². The molecule has 0 aromatic carbocycles. The molecule has 7 heteroatoms. The number of aromatic nitrogens is 3. The Morgan fingerprint density at radius 1 is 1.35 bits per heavy atom. The van der Waals surface area contributed by atoms with Gasteiger partial charge < -0.3 is 0 Å². The minimum absolute atomic E-state index is 0.0875. The molecule has 1 aromatic rings. The monoisotopic (exact) mass is 333 g/mol. The van der Waals surface area contributed by atoms with Crippen molar-refractivity contribution in [1.82, 2.24) is 20.6 Å². The number of thioether (sulfide) groups is 1. The lowest BCUT2D eigenvalue weighted by Crippen LogP contribution is -2.49. The predicted molar refractivity (Wildman–Crippen MR) is 89.0 cm³/mol. The first-order valence-corrected chi connectivity index (χ1v) is 9.43. The van der Waals surface area contributed by atoms with E-state index in [1.54, 1.807) is 0 Å². The summed E-state index contributed by atoms with van der Waals surface area (Å²) in [6.07, 6.45) is 9.53. The number of carbonyl (C=O) groups excluding carboxylic acids is 1. The van der Waals surface area contributed by atoms with Crippen LogP contribution in [-0.4, -0.2) is 32.6 Å². The molecule has 23 heavy (non-hydrogen) atoms. The molecule has 4 aliphatic carbocycles. The fourth-order valence-electron chi connectivity index (χ4n) is 5.25. The molecule has 0 spiro atoms. The zero-order chi connectivity index (χ0) is 15.9. The normalized spacial score (nSPS) is 35.5. The number of rotatable bonds is 5. The predicted octanol–water partition coefficient (Wildman–Crippen LogP) is 2.61. The number of nitrogens with zero attached hydrogens (tertiary/aromatic N) is 3. The summed E-state index contributed by atoms with van der Waals surface area (Å²) in [5.74, 6) is 2.89. The number of nitrogens with one attached hydrogen (secondary N) is 2. The van der Waals surface area contributed by atoms with Crippen LogP contribution in [0.5, 0.6) is 0 Å². The van der Waals surface area contributed by atoms with E-state index in [9.17, 15) is 4.79 Å². The Hall–Kier alpha value is -1.37. The van der Waals surface area contributed by atoms with Gasteiger partial charge in [-0.2, -0.15) is 10.2 Å². The Morgan fingerprint density at radius 2 is 2.00 bits per heavy atom. The van der Waals surface area contributed by atoms with Gasteiger partial charge >= 0.3 is 0 Å². The van der Waals surface area contributed by atoms with Gasteiger partial charge in [-0.15, -0.1) is 0 Å². The minimum Gasteiger partial charge on any atom is -0.272 e. The number of carbonyl (C=O) groups is 1. The second-order valence-corrected chi connectivity index (χ2v) is 8.47. The first-order chi connectivity index (χ1) is 11.1. The van der Waals surface area contributed by atoms with Gasteiger partial charge in [-0.25, -0.2) is 10.4 Å². The maximum Gasteiger partial charge on any atom is 0.250 e. The van der Waals surface area contributed by atoms with E-state index in [4.69, 9.17) is 0 Å². The summed E-state index contributed by atoms with van der Waals surface area (Å²) in [5.41, 5.74) is 4.13. The number of amides is 1. The number of hydrogen-bond donors (Lipinski definition) is 2. The van der Waals surface area contributed by atoms with Gasteiger partial charge in [-0.3, -0.25) is 9.89 Å². The van der Waals surface area contributed by atoms with Crippen LogP contribution >= 0.6 is 11.8 Å². The summed E-state index contributed by atoms with van der Waals surface area (Å²) >= 11 is 1.34. The van der Waals surface area contributed by atoms with Crippen molar-refractivity contribution in [3.8, 4) is 0 Å². The quantitative estimate of drug-likeness (QED) is 0.493. The molecule has 6 nitrogen and oxygen atoms in total. The molecule has 5 rings (SSSR count). The molecule has 0 saturated heterocycles. The molecule has 1 heterocycles. The van der Waals surface area contributed by atoms with Crippen LogP contribution in [0.25, 0.3) is 0 Å². The molecule has 0 radical (unpaired) electrons. The Kier molecular flexibility index (Phi) is 3.91. The first-order valence-electron chi connectivity index (χ1n) is 8.45. The Bertz CT molecular complexity index is 577. The topological polar surface area (TPSA) is 83.0 Å². The van der Waals surface area contributed by atoms with Gasteiger partial charge in [0, 0.05) is 11.1 Å². The Labute approximate surface area is 140 Å². The molecule has 124 valence electrons. The lowest BCUT2D eigenvalue weighted by molar-refractivity contribution is -0.118. The zero-order valence-corrected chi connectivity index (χ0v) is 14.2. The van der Waals surface area contributed by atoms with Crippen LogP contribution in [0.15, 0.2) is 16.6 Å². The van der Waals surface area contributed by atoms with E-state index in [-0.39, 0.29) is 11.3 Å². The lowest BCUT2D eigenvalue weighted by Gasteiger charge is -2.56. The Balaban J connectivity index is 1.36. The molecule has 0 unspecified atom stereocenters. The maximum absolute atomic E-state index is 12.0. The van der Waals surface area contributed by atoms with E-state index in [1.807, 2.05) is 0 Å². The van der Waals surface area contributed by atoms with E-state index >= 15 is 0 Å². The lowest BCUT2D eigenvalue weighted by atomic mass is 9.48. The molecule has 0 atom stereocenters. The van der Waals surface area contributed by atoms with Crippen molar-refractivity contribution in [3.63, 3.8) is 0 Å². The summed E-state index contributed by atoms with van der Waals surface area (Å²) in [4.78, 5) is 16.0. The largest absolute Gasteiger partial charge is 0.272 e. The molecule has 4 saturated carbocycles. The summed E-state index contributed by atoms with van der Waals surface area (Å²) in [5, 5.41) is 11.6. The number of hydrazone groups is 1. The average molecular weight is 333 g/mol. The second kappa shape index (κ2) is 5.92. The minimum atomic E-state index is -0.0875. The van der Waals surface area contributed by atoms with Crippen LogP contribution in [0, 0.1) is 23.2 Å². The van der Waals surface area contributed by atoms with E-state index in [0.29, 0.717) is 10.9 Å². The maximum atomic E-state index is 12.0. The number of aromatic amines is 1. The van der Waals surface area contributed by atoms with E-state index in [2.05, 4.69) is 32.6 Å². The first kappa shape index (κ1) is 15.2. The van der Waals surface area contributed by atoms with Gasteiger partial charge in [-0.1, -0.05) is 11.8 Å². The van der Waals surface area contributed by atoms with Gasteiger partial charge in [0.05, 0.1) is 5.75 Å². The second-order valence-electron chi connectivity index (χ2n) is 7.51. The van der Waals surface area contributed by atoms with E-state index < -0.39 is 0 Å². The summed E-state index contributed by atoms with van der Waals surface area (Å²) in [6, 6.07) is 0. The van der Waals surface area contributed by atoms with Crippen LogP contribution in [-0.2, 0) is 4.79 Å². The number of H-pyrrole nitrogens is 1. The van der Waals surface area contributed by atoms with Crippen molar-refractivity contribution in [2.24, 2.45) is 28.3 Å². The van der Waals surface area contributed by atoms with Gasteiger partial charge in [0.1, 0.15) is 6.33 Å². The standard InChI is InChI=1S/C16H23N5OS/c1-10(19-20-14(22)8-23-15-17-9-18-21-15)16-5-11-2-12(6-16)4-13(3-11)7-16/h9,11-13H,2-8H2,1H3,(H,20,22)(H,17,18,21)/b19-10-. The number of hydrogen-bond acceptors (Lipinski definition) is 5. The molecule has 2 N–H and O–H groups in total. The van der Waals surface area contributed by atoms with Crippen molar-refractivity contribution in [2.45, 2.75) is 50.6 Å². The molecule has 4 fully saturated rings. The van der Waals surface area contributed by atoms with Crippen LogP contribution in [0.4, 0.5) is 0 Å². The van der Waals surface area contributed by atoms with Crippen LogP contribution in [0.1, 0.15) is 45.4 Å². The van der Waals surface area contributed by atoms with E-state index in [1.165, 1.54) is 56.6 Å². The van der Waals surface area contributed by atoms with E-state index in [0.717, 1.165) is 23.5 Å². The Morgan fingerprint density at radius 3 is 2.57 bits per heavy atom. The average Bonchev–Trinajstić information content (AvgIpc) is 3.02. The van der Waals surface area contributed by atoms with Crippen molar-refractivity contribution in [1.29, 1.82) is 0 Å². The fraction of sp³-hybridized carbons (Fsp3) is 0.750. The molecule has 0 aliphatic heterocycles. The van der Waals surface area contributed by atoms with Gasteiger partial charge in [0.2, 0.25) is 0 Å². The highest BCUT2D eigenvalue weighted by Gasteiger charge is 2.52. The summed E-state index contributed by atoms with van der Waals surface area (Å²) in [6.45, 7) is 2.11. The molecule has 1 aromatic heterocycles. The fourth-order valence-corrected chi connectivity index (χ4v) is 5.82. The summed E-state index contributed by atoms with van der Waals surface area (Å²) in [7, 11) is 0. The van der Waals surface area contributed by atoms with Crippen LogP contribution in [0.3, 0.4) is 0 Å². The van der Waals surface area contributed by atoms with Crippen molar-refractivity contribution in [2.75, 3.05) is 5.75 Å². The zero-order valence-electron chi connectivity index (χ0n) is 13.4. The van der Waals surface area contributed by atoms with Crippen molar-refractivity contribution in [3.05, 3.63) is 6.33 Å². The highest BCUT2D eigenvalue weighted by Crippen LogP contribution is 2.60. The third-order valence-corrected chi connectivity index (χ3v) is 6.76. The third-order valence-electron chi connectivity index (χ3n) is 5.89. The smallest absolute Gasteiger partial charge is 0.250 e. The molecule has 4 bridgehead atoms. The van der Waals surface area contributed by atoms with Crippen LogP contribution < -0.4 is 5.43 Å². The molecular formula is C16H23N5OS. The molecule has 1 amide bonds. The molecule has 4 aliphatic rings. The third kappa shape index (κ3) is 3.03.